The molecule has 142 valence electrons. The van der Waals surface area contributed by atoms with Crippen molar-refractivity contribution in [2.24, 2.45) is 5.73 Å². The Kier molecular flexibility index (Phi) is 6.54. The number of hydrogen-bond acceptors (Lipinski definition) is 4. The molecule has 0 unspecified atom stereocenters. The Morgan fingerprint density at radius 3 is 2.00 bits per heavy atom. The number of carbonyl (C=O) groups is 2. The Hall–Kier alpha value is -3.44. The van der Waals surface area contributed by atoms with Gasteiger partial charge in [0.2, 0.25) is 0 Å². The highest BCUT2D eigenvalue weighted by Gasteiger charge is 2.08. The number of rotatable bonds is 7. The summed E-state index contributed by atoms with van der Waals surface area (Å²) in [6, 6.07) is 23.7. The quantitative estimate of drug-likeness (QED) is 0.621. The van der Waals surface area contributed by atoms with Crippen LogP contribution in [0.1, 0.15) is 37.4 Å². The Balaban J connectivity index is 1.50. The molecule has 3 rings (SSSR count). The number of hydrogen-bond donors (Lipinski definition) is 2. The second kappa shape index (κ2) is 9.48. The van der Waals surface area contributed by atoms with Crippen molar-refractivity contribution in [2.75, 3.05) is 0 Å². The Morgan fingerprint density at radius 2 is 1.36 bits per heavy atom. The van der Waals surface area contributed by atoms with E-state index in [1.54, 1.807) is 36.4 Å². The average Bonchev–Trinajstić information content (AvgIpc) is 2.77. The molecule has 0 aliphatic rings. The average molecular weight is 374 g/mol. The molecule has 28 heavy (non-hydrogen) atoms. The van der Waals surface area contributed by atoms with Crippen molar-refractivity contribution in [2.45, 2.75) is 19.7 Å². The third kappa shape index (κ3) is 5.28. The van der Waals surface area contributed by atoms with E-state index in [0.29, 0.717) is 24.2 Å². The molecule has 0 saturated carbocycles. The third-order valence-electron chi connectivity index (χ3n) is 4.31. The van der Waals surface area contributed by atoms with Crippen LogP contribution in [0.4, 0.5) is 0 Å². The number of esters is 1. The summed E-state index contributed by atoms with van der Waals surface area (Å²) in [6.07, 6.45) is 0. The van der Waals surface area contributed by atoms with E-state index in [9.17, 15) is 9.59 Å². The molecule has 3 aromatic carbocycles. The Morgan fingerprint density at radius 1 is 0.750 bits per heavy atom. The largest absolute Gasteiger partial charge is 0.457 e. The maximum absolute atomic E-state index is 12.2. The van der Waals surface area contributed by atoms with Crippen LogP contribution < -0.4 is 11.1 Å². The summed E-state index contributed by atoms with van der Waals surface area (Å²) in [4.78, 5) is 24.3. The van der Waals surface area contributed by atoms with Crippen molar-refractivity contribution in [1.82, 2.24) is 5.32 Å². The lowest BCUT2D eigenvalue weighted by molar-refractivity contribution is 0.0472. The van der Waals surface area contributed by atoms with Gasteiger partial charge in [0.05, 0.1) is 5.56 Å². The standard InChI is InChI=1S/C23H22N2O3/c24-14-17-6-10-20(11-7-17)22(26)25-15-18-8-12-21(13-9-18)23(27)28-16-19-4-2-1-3-5-19/h1-13H,14-16,24H2,(H,25,26). The summed E-state index contributed by atoms with van der Waals surface area (Å²) < 4.78 is 5.31. The molecule has 0 aromatic heterocycles. The van der Waals surface area contributed by atoms with E-state index < -0.39 is 0 Å². The van der Waals surface area contributed by atoms with E-state index in [4.69, 9.17) is 10.5 Å². The zero-order chi connectivity index (χ0) is 19.8. The first-order chi connectivity index (χ1) is 13.7. The summed E-state index contributed by atoms with van der Waals surface area (Å²) >= 11 is 0. The molecular formula is C23H22N2O3. The van der Waals surface area contributed by atoms with Gasteiger partial charge < -0.3 is 15.8 Å². The maximum Gasteiger partial charge on any atom is 0.338 e. The first-order valence-electron chi connectivity index (χ1n) is 9.03. The molecule has 0 heterocycles. The van der Waals surface area contributed by atoms with Gasteiger partial charge in [-0.05, 0) is 41.0 Å². The van der Waals surface area contributed by atoms with E-state index in [1.807, 2.05) is 42.5 Å². The highest BCUT2D eigenvalue weighted by Crippen LogP contribution is 2.09. The Bertz CT molecular complexity index is 920. The van der Waals surface area contributed by atoms with Gasteiger partial charge in [0.1, 0.15) is 6.61 Å². The van der Waals surface area contributed by atoms with Gasteiger partial charge in [0.25, 0.3) is 5.91 Å². The lowest BCUT2D eigenvalue weighted by Crippen LogP contribution is -2.22. The zero-order valence-corrected chi connectivity index (χ0v) is 15.4. The molecule has 0 bridgehead atoms. The van der Waals surface area contributed by atoms with Gasteiger partial charge in [-0.15, -0.1) is 0 Å². The second-order valence-corrected chi connectivity index (χ2v) is 6.34. The van der Waals surface area contributed by atoms with Crippen LogP contribution in [-0.4, -0.2) is 11.9 Å². The van der Waals surface area contributed by atoms with Crippen LogP contribution in [0.2, 0.25) is 0 Å². The molecule has 3 aromatic rings. The van der Waals surface area contributed by atoms with E-state index in [1.165, 1.54) is 0 Å². The molecule has 0 spiro atoms. The van der Waals surface area contributed by atoms with Crippen molar-refractivity contribution in [3.05, 3.63) is 107 Å². The summed E-state index contributed by atoms with van der Waals surface area (Å²) in [6.45, 7) is 1.05. The van der Waals surface area contributed by atoms with E-state index in [-0.39, 0.29) is 18.5 Å². The van der Waals surface area contributed by atoms with Crippen LogP contribution in [0.15, 0.2) is 78.9 Å². The van der Waals surface area contributed by atoms with Crippen molar-refractivity contribution in [3.8, 4) is 0 Å². The van der Waals surface area contributed by atoms with Gasteiger partial charge in [-0.2, -0.15) is 0 Å². The molecular weight excluding hydrogens is 352 g/mol. The van der Waals surface area contributed by atoms with Crippen LogP contribution in [-0.2, 0) is 24.4 Å². The van der Waals surface area contributed by atoms with Crippen molar-refractivity contribution >= 4 is 11.9 Å². The lowest BCUT2D eigenvalue weighted by atomic mass is 10.1. The lowest BCUT2D eigenvalue weighted by Gasteiger charge is -2.08. The summed E-state index contributed by atoms with van der Waals surface area (Å²) in [5.41, 5.74) is 9.43. The summed E-state index contributed by atoms with van der Waals surface area (Å²) in [5, 5.41) is 2.86. The van der Waals surface area contributed by atoms with Crippen molar-refractivity contribution in [1.29, 1.82) is 0 Å². The molecule has 0 radical (unpaired) electrons. The normalized spacial score (nSPS) is 10.3. The van der Waals surface area contributed by atoms with Gasteiger partial charge in [-0.3, -0.25) is 4.79 Å². The number of nitrogens with one attached hydrogen (secondary N) is 1. The minimum Gasteiger partial charge on any atom is -0.457 e. The SMILES string of the molecule is NCc1ccc(C(=O)NCc2ccc(C(=O)OCc3ccccc3)cc2)cc1. The molecule has 5 heteroatoms. The molecule has 0 aliphatic heterocycles. The van der Waals surface area contributed by atoms with Gasteiger partial charge in [0.15, 0.2) is 0 Å². The topological polar surface area (TPSA) is 81.4 Å². The number of amides is 1. The number of benzene rings is 3. The molecule has 0 saturated heterocycles. The fraction of sp³-hybridized carbons (Fsp3) is 0.130. The molecule has 0 aliphatic carbocycles. The predicted molar refractivity (Wildman–Crippen MR) is 108 cm³/mol. The summed E-state index contributed by atoms with van der Waals surface area (Å²) in [5.74, 6) is -0.533. The first-order valence-corrected chi connectivity index (χ1v) is 9.03. The number of nitrogens with two attached hydrogens (primary N) is 1. The van der Waals surface area contributed by atoms with Crippen LogP contribution in [0, 0.1) is 0 Å². The van der Waals surface area contributed by atoms with Crippen molar-refractivity contribution < 1.29 is 14.3 Å². The second-order valence-electron chi connectivity index (χ2n) is 6.34. The van der Waals surface area contributed by atoms with Crippen LogP contribution in [0.3, 0.4) is 0 Å². The first kappa shape index (κ1) is 19.3. The smallest absolute Gasteiger partial charge is 0.338 e. The van der Waals surface area contributed by atoms with Gasteiger partial charge >= 0.3 is 5.97 Å². The molecule has 5 nitrogen and oxygen atoms in total. The molecule has 0 fully saturated rings. The number of carbonyl (C=O) groups excluding carboxylic acids is 2. The van der Waals surface area contributed by atoms with E-state index >= 15 is 0 Å². The minimum absolute atomic E-state index is 0.157. The zero-order valence-electron chi connectivity index (χ0n) is 15.4. The molecule has 0 atom stereocenters. The predicted octanol–water partition coefficient (Wildman–Crippen LogP) is 3.43. The van der Waals surface area contributed by atoms with Crippen LogP contribution in [0.5, 0.6) is 0 Å². The molecule has 1 amide bonds. The minimum atomic E-state index is -0.376. The monoisotopic (exact) mass is 374 g/mol. The molecule has 3 N–H and O–H groups in total. The Labute approximate surface area is 164 Å². The van der Waals surface area contributed by atoms with Gasteiger partial charge in [0, 0.05) is 18.7 Å². The highest BCUT2D eigenvalue weighted by atomic mass is 16.5. The van der Waals surface area contributed by atoms with E-state index in [2.05, 4.69) is 5.32 Å². The van der Waals surface area contributed by atoms with E-state index in [0.717, 1.165) is 16.7 Å². The maximum atomic E-state index is 12.2. The summed E-state index contributed by atoms with van der Waals surface area (Å²) in [7, 11) is 0. The number of ether oxygens (including phenoxy) is 1. The third-order valence-corrected chi connectivity index (χ3v) is 4.31. The van der Waals surface area contributed by atoms with Crippen molar-refractivity contribution in [3.63, 3.8) is 0 Å². The van der Waals surface area contributed by atoms with Crippen LogP contribution >= 0.6 is 0 Å². The fourth-order valence-electron chi connectivity index (χ4n) is 2.64. The van der Waals surface area contributed by atoms with Gasteiger partial charge in [-0.25, -0.2) is 4.79 Å². The van der Waals surface area contributed by atoms with Gasteiger partial charge in [-0.1, -0.05) is 54.6 Å². The fourth-order valence-corrected chi connectivity index (χ4v) is 2.64. The van der Waals surface area contributed by atoms with Crippen LogP contribution in [0.25, 0.3) is 0 Å². The highest BCUT2D eigenvalue weighted by molar-refractivity contribution is 5.94.